The third kappa shape index (κ3) is 4.45. The average Bonchev–Trinajstić information content (AvgIpc) is 2.31. The van der Waals surface area contributed by atoms with Crippen LogP contribution in [0.5, 0.6) is 5.75 Å². The van der Waals surface area contributed by atoms with Crippen LogP contribution in [0.25, 0.3) is 0 Å². The normalized spacial score (nSPS) is 11.5. The number of nitrogens with one attached hydrogen (secondary N) is 1. The van der Waals surface area contributed by atoms with Crippen LogP contribution in [0.1, 0.15) is 20.8 Å². The zero-order valence-corrected chi connectivity index (χ0v) is 10.7. The van der Waals surface area contributed by atoms with Gasteiger partial charge in [0.1, 0.15) is 5.75 Å². The van der Waals surface area contributed by atoms with Crippen molar-refractivity contribution >= 4 is 17.6 Å². The summed E-state index contributed by atoms with van der Waals surface area (Å²) in [6.07, 6.45) is -0.656. The minimum absolute atomic E-state index is 0.136. The molecule has 0 heterocycles. The smallest absolute Gasteiger partial charge is 0.347 e. The van der Waals surface area contributed by atoms with E-state index in [9.17, 15) is 9.59 Å². The second-order valence-electron chi connectivity index (χ2n) is 3.72. The highest BCUT2D eigenvalue weighted by atomic mass is 16.6. The van der Waals surface area contributed by atoms with Gasteiger partial charge in [0.25, 0.3) is 0 Å². The molecule has 18 heavy (non-hydrogen) atoms. The van der Waals surface area contributed by atoms with Crippen LogP contribution in [-0.2, 0) is 14.3 Å². The maximum Gasteiger partial charge on any atom is 0.347 e. The molecule has 1 rings (SSSR count). The molecule has 5 nitrogen and oxygen atoms in total. The lowest BCUT2D eigenvalue weighted by Gasteiger charge is -2.13. The van der Waals surface area contributed by atoms with Crippen molar-refractivity contribution in [1.82, 2.24) is 0 Å². The number of carbonyl (C=O) groups is 2. The van der Waals surface area contributed by atoms with Gasteiger partial charge in [0, 0.05) is 12.6 Å². The molecule has 0 bridgehead atoms. The van der Waals surface area contributed by atoms with Crippen molar-refractivity contribution in [2.45, 2.75) is 26.9 Å². The molecule has 1 aromatic rings. The first-order chi connectivity index (χ1) is 8.52. The topological polar surface area (TPSA) is 64.6 Å². The fourth-order valence-corrected chi connectivity index (χ4v) is 1.33. The fraction of sp³-hybridized carbons (Fsp3) is 0.385. The molecule has 0 aliphatic rings. The second-order valence-corrected chi connectivity index (χ2v) is 3.72. The fourth-order valence-electron chi connectivity index (χ4n) is 1.33. The van der Waals surface area contributed by atoms with Gasteiger partial charge in [-0.15, -0.1) is 0 Å². The van der Waals surface area contributed by atoms with Crippen LogP contribution in [0.2, 0.25) is 0 Å². The zero-order valence-electron chi connectivity index (χ0n) is 10.7. The van der Waals surface area contributed by atoms with E-state index >= 15 is 0 Å². The van der Waals surface area contributed by atoms with E-state index in [1.54, 1.807) is 38.1 Å². The van der Waals surface area contributed by atoms with E-state index in [2.05, 4.69) is 5.32 Å². The third-order valence-corrected chi connectivity index (χ3v) is 2.11. The van der Waals surface area contributed by atoms with E-state index in [-0.39, 0.29) is 5.91 Å². The zero-order chi connectivity index (χ0) is 13.5. The number of hydrogen-bond acceptors (Lipinski definition) is 4. The Hall–Kier alpha value is -2.04. The van der Waals surface area contributed by atoms with Crippen LogP contribution in [0.3, 0.4) is 0 Å². The lowest BCUT2D eigenvalue weighted by atomic mass is 10.3. The molecular weight excluding hydrogens is 234 g/mol. The third-order valence-electron chi connectivity index (χ3n) is 2.11. The van der Waals surface area contributed by atoms with Crippen molar-refractivity contribution < 1.29 is 19.1 Å². The molecule has 1 aromatic carbocycles. The molecule has 1 amide bonds. The number of carbonyl (C=O) groups excluding carboxylic acids is 2. The van der Waals surface area contributed by atoms with E-state index in [0.29, 0.717) is 18.0 Å². The van der Waals surface area contributed by atoms with Crippen LogP contribution < -0.4 is 10.1 Å². The first-order valence-electron chi connectivity index (χ1n) is 5.74. The Morgan fingerprint density at radius 1 is 1.28 bits per heavy atom. The summed E-state index contributed by atoms with van der Waals surface area (Å²) < 4.78 is 10.2. The minimum atomic E-state index is -0.656. The number of rotatable bonds is 5. The van der Waals surface area contributed by atoms with Gasteiger partial charge in [0.15, 0.2) is 6.10 Å². The molecular formula is C13H17NO4. The molecule has 0 aliphatic carbocycles. The van der Waals surface area contributed by atoms with Crippen LogP contribution in [0.15, 0.2) is 24.3 Å². The molecule has 5 heteroatoms. The molecule has 0 spiro atoms. The van der Waals surface area contributed by atoms with E-state index in [0.717, 1.165) is 0 Å². The second kappa shape index (κ2) is 6.64. The Morgan fingerprint density at radius 3 is 2.39 bits per heavy atom. The highest BCUT2D eigenvalue weighted by Crippen LogP contribution is 2.17. The van der Waals surface area contributed by atoms with Crippen LogP contribution in [0, 0.1) is 0 Å². The summed E-state index contributed by atoms with van der Waals surface area (Å²) in [6.45, 7) is 5.13. The van der Waals surface area contributed by atoms with Gasteiger partial charge in [0.2, 0.25) is 5.91 Å². The Labute approximate surface area is 106 Å². The first-order valence-corrected chi connectivity index (χ1v) is 5.74. The average molecular weight is 251 g/mol. The lowest BCUT2D eigenvalue weighted by Crippen LogP contribution is -2.26. The van der Waals surface area contributed by atoms with Crippen LogP contribution >= 0.6 is 0 Å². The summed E-state index contributed by atoms with van der Waals surface area (Å²) in [4.78, 5) is 22.2. The molecule has 0 saturated carbocycles. The van der Waals surface area contributed by atoms with Crippen molar-refractivity contribution in [3.8, 4) is 5.75 Å². The van der Waals surface area contributed by atoms with Crippen LogP contribution in [-0.4, -0.2) is 24.6 Å². The Bertz CT molecular complexity index is 414. The Balaban J connectivity index is 2.58. The minimum Gasteiger partial charge on any atom is -0.479 e. The van der Waals surface area contributed by atoms with Crippen molar-refractivity contribution in [2.24, 2.45) is 0 Å². The monoisotopic (exact) mass is 251 g/mol. The molecule has 0 radical (unpaired) electrons. The largest absolute Gasteiger partial charge is 0.479 e. The lowest BCUT2D eigenvalue weighted by molar-refractivity contribution is -0.150. The van der Waals surface area contributed by atoms with Gasteiger partial charge in [-0.3, -0.25) is 4.79 Å². The maximum absolute atomic E-state index is 11.4. The van der Waals surface area contributed by atoms with E-state index in [4.69, 9.17) is 9.47 Å². The summed E-state index contributed by atoms with van der Waals surface area (Å²) in [7, 11) is 0. The number of anilines is 1. The summed E-state index contributed by atoms with van der Waals surface area (Å²) in [5, 5.41) is 2.64. The van der Waals surface area contributed by atoms with E-state index in [1.807, 2.05) is 0 Å². The summed E-state index contributed by atoms with van der Waals surface area (Å²) in [5.41, 5.74) is 0.679. The molecule has 0 fully saturated rings. The molecule has 0 aliphatic heterocycles. The predicted molar refractivity (Wildman–Crippen MR) is 67.5 cm³/mol. The summed E-state index contributed by atoms with van der Waals surface area (Å²) >= 11 is 0. The Kier molecular flexibility index (Phi) is 5.17. The number of amides is 1. The highest BCUT2D eigenvalue weighted by Gasteiger charge is 2.15. The number of hydrogen-bond donors (Lipinski definition) is 1. The van der Waals surface area contributed by atoms with Gasteiger partial charge in [0.05, 0.1) is 6.61 Å². The van der Waals surface area contributed by atoms with Crippen LogP contribution in [0.4, 0.5) is 5.69 Å². The van der Waals surface area contributed by atoms with Crippen molar-refractivity contribution in [3.05, 3.63) is 24.3 Å². The number of benzene rings is 1. The first kappa shape index (κ1) is 14.0. The molecule has 0 saturated heterocycles. The SMILES string of the molecule is CCOC(=O)C(C)Oc1ccc(NC(C)=O)cc1. The predicted octanol–water partition coefficient (Wildman–Crippen LogP) is 1.98. The van der Waals surface area contributed by atoms with E-state index < -0.39 is 12.1 Å². The molecule has 0 aromatic heterocycles. The van der Waals surface area contributed by atoms with Crippen molar-refractivity contribution in [2.75, 3.05) is 11.9 Å². The quantitative estimate of drug-likeness (QED) is 0.813. The molecule has 1 N–H and O–H groups in total. The standard InChI is InChI=1S/C13H17NO4/c1-4-17-13(16)9(2)18-12-7-5-11(6-8-12)14-10(3)15/h5-9H,4H2,1-3H3,(H,14,15). The summed E-state index contributed by atoms with van der Waals surface area (Å²) in [6, 6.07) is 6.77. The van der Waals surface area contributed by atoms with Gasteiger partial charge in [-0.1, -0.05) is 0 Å². The highest BCUT2D eigenvalue weighted by molar-refractivity contribution is 5.88. The Morgan fingerprint density at radius 2 is 1.89 bits per heavy atom. The van der Waals surface area contributed by atoms with Gasteiger partial charge in [-0.05, 0) is 38.1 Å². The number of esters is 1. The van der Waals surface area contributed by atoms with Gasteiger partial charge >= 0.3 is 5.97 Å². The maximum atomic E-state index is 11.4. The van der Waals surface area contributed by atoms with E-state index in [1.165, 1.54) is 6.92 Å². The van der Waals surface area contributed by atoms with Gasteiger partial charge < -0.3 is 14.8 Å². The van der Waals surface area contributed by atoms with Gasteiger partial charge in [-0.2, -0.15) is 0 Å². The van der Waals surface area contributed by atoms with Crippen molar-refractivity contribution in [3.63, 3.8) is 0 Å². The van der Waals surface area contributed by atoms with Gasteiger partial charge in [-0.25, -0.2) is 4.79 Å². The molecule has 98 valence electrons. The summed E-state index contributed by atoms with van der Waals surface area (Å²) in [5.74, 6) is 0.0108. The molecule has 1 unspecified atom stereocenters. The number of ether oxygens (including phenoxy) is 2. The van der Waals surface area contributed by atoms with Crippen molar-refractivity contribution in [1.29, 1.82) is 0 Å². The molecule has 1 atom stereocenters.